The summed E-state index contributed by atoms with van der Waals surface area (Å²) in [6.45, 7) is 11.1. The fourth-order valence-electron chi connectivity index (χ4n) is 2.27. The molecule has 0 saturated heterocycles. The summed E-state index contributed by atoms with van der Waals surface area (Å²) in [7, 11) is 0. The van der Waals surface area contributed by atoms with E-state index in [4.69, 9.17) is 0 Å². The summed E-state index contributed by atoms with van der Waals surface area (Å²) in [4.78, 5) is 2.45. The van der Waals surface area contributed by atoms with Gasteiger partial charge in [-0.3, -0.25) is 0 Å². The minimum atomic E-state index is -1.60. The molecular formula is C14H30Ge. The van der Waals surface area contributed by atoms with Crippen LogP contribution < -0.4 is 0 Å². The Hall–Kier alpha value is 0.283. The number of unbranched alkanes of at least 4 members (excludes halogenated alkanes) is 3. The third-order valence-electron chi connectivity index (χ3n) is 3.52. The van der Waals surface area contributed by atoms with Crippen molar-refractivity contribution in [1.82, 2.24) is 0 Å². The van der Waals surface area contributed by atoms with Crippen LogP contribution in [0, 0.1) is 0 Å². The third kappa shape index (κ3) is 6.45. The maximum absolute atomic E-state index is 4.18. The van der Waals surface area contributed by atoms with Crippen LogP contribution in [-0.2, 0) is 0 Å². The summed E-state index contributed by atoms with van der Waals surface area (Å²) in [5.41, 5.74) is 0. The molecule has 90 valence electrons. The van der Waals surface area contributed by atoms with Crippen molar-refractivity contribution in [1.29, 1.82) is 0 Å². The van der Waals surface area contributed by atoms with Crippen LogP contribution in [0.1, 0.15) is 59.3 Å². The van der Waals surface area contributed by atoms with Crippen molar-refractivity contribution in [3.63, 3.8) is 0 Å². The Kier molecular flexibility index (Phi) is 9.68. The predicted octanol–water partition coefficient (Wildman–Crippen LogP) is 5.56. The van der Waals surface area contributed by atoms with Gasteiger partial charge in [-0.2, -0.15) is 0 Å². The van der Waals surface area contributed by atoms with E-state index >= 15 is 0 Å². The van der Waals surface area contributed by atoms with Gasteiger partial charge >= 0.3 is 99.8 Å². The molecule has 0 bridgehead atoms. The summed E-state index contributed by atoms with van der Waals surface area (Å²) >= 11 is -1.60. The molecule has 0 rings (SSSR count). The fourth-order valence-corrected chi connectivity index (χ4v) is 11.8. The first-order valence-electron chi connectivity index (χ1n) is 6.88. The second-order valence-corrected chi connectivity index (χ2v) is 14.6. The number of hydrogen-bond acceptors (Lipinski definition) is 0. The van der Waals surface area contributed by atoms with Gasteiger partial charge < -0.3 is 0 Å². The van der Waals surface area contributed by atoms with Crippen molar-refractivity contribution in [2.75, 3.05) is 0 Å². The molecule has 0 aliphatic heterocycles. The Balaban J connectivity index is 4.23. The zero-order valence-corrected chi connectivity index (χ0v) is 13.2. The van der Waals surface area contributed by atoms with Gasteiger partial charge in [-0.25, -0.2) is 0 Å². The Morgan fingerprint density at radius 1 is 0.800 bits per heavy atom. The van der Waals surface area contributed by atoms with E-state index in [1.54, 1.807) is 15.8 Å². The summed E-state index contributed by atoms with van der Waals surface area (Å²) in [5.74, 6) is 0. The van der Waals surface area contributed by atoms with E-state index < -0.39 is 13.3 Å². The molecule has 0 spiro atoms. The molecule has 0 amide bonds. The summed E-state index contributed by atoms with van der Waals surface area (Å²) < 4.78 is 0. The quantitative estimate of drug-likeness (QED) is 0.456. The molecule has 0 fully saturated rings. The maximum atomic E-state index is 4.18. The summed E-state index contributed by atoms with van der Waals surface area (Å²) in [5, 5.41) is 4.62. The molecule has 0 heterocycles. The molecule has 0 saturated carbocycles. The van der Waals surface area contributed by atoms with Crippen molar-refractivity contribution >= 4 is 13.3 Å². The van der Waals surface area contributed by atoms with Crippen LogP contribution >= 0.6 is 0 Å². The van der Waals surface area contributed by atoms with Crippen LogP contribution in [0.2, 0.25) is 15.8 Å². The standard InChI is InChI=1S/C14H30Ge/c1-5-9-12-15(8-4,13-10-6-2)14-11-7-3/h8H,4-7,9-14H2,1-3H3. The van der Waals surface area contributed by atoms with Gasteiger partial charge in [0.1, 0.15) is 0 Å². The molecule has 0 aliphatic carbocycles. The Bertz CT molecular complexity index is 130. The molecule has 0 unspecified atom stereocenters. The molecule has 0 aliphatic rings. The van der Waals surface area contributed by atoms with Crippen LogP contribution in [0.4, 0.5) is 0 Å². The molecule has 0 aromatic carbocycles. The first-order chi connectivity index (χ1) is 7.24. The number of rotatable bonds is 10. The van der Waals surface area contributed by atoms with E-state index in [-0.39, 0.29) is 0 Å². The van der Waals surface area contributed by atoms with E-state index in [1.165, 1.54) is 38.5 Å². The first kappa shape index (κ1) is 15.3. The van der Waals surface area contributed by atoms with Crippen molar-refractivity contribution in [3.8, 4) is 0 Å². The van der Waals surface area contributed by atoms with Crippen LogP contribution in [0.25, 0.3) is 0 Å². The molecule has 0 nitrogen and oxygen atoms in total. The molecule has 0 N–H and O–H groups in total. The molecule has 0 atom stereocenters. The van der Waals surface area contributed by atoms with E-state index in [1.807, 2.05) is 0 Å². The SMILES string of the molecule is C=[CH][Ge]([CH2]CCC)([CH2]CCC)[CH2]CCC. The van der Waals surface area contributed by atoms with Gasteiger partial charge in [0.25, 0.3) is 0 Å². The summed E-state index contributed by atoms with van der Waals surface area (Å²) in [6.07, 6.45) is 8.41. The van der Waals surface area contributed by atoms with E-state index in [9.17, 15) is 0 Å². The first-order valence-corrected chi connectivity index (χ1v) is 12.5. The molecule has 0 radical (unpaired) electrons. The van der Waals surface area contributed by atoms with E-state index in [0.717, 1.165) is 0 Å². The average Bonchev–Trinajstić information content (AvgIpc) is 2.29. The normalized spacial score (nSPS) is 11.7. The molecule has 0 aromatic rings. The predicted molar refractivity (Wildman–Crippen MR) is 75.1 cm³/mol. The minimum absolute atomic E-state index is 1.36. The molecule has 0 aromatic heterocycles. The fraction of sp³-hybridized carbons (Fsp3) is 0.857. The van der Waals surface area contributed by atoms with Gasteiger partial charge in [0.2, 0.25) is 0 Å². The second-order valence-electron chi connectivity index (χ2n) is 4.88. The van der Waals surface area contributed by atoms with Crippen LogP contribution in [0.3, 0.4) is 0 Å². The Morgan fingerprint density at radius 3 is 1.33 bits per heavy atom. The van der Waals surface area contributed by atoms with Gasteiger partial charge in [-0.05, 0) is 0 Å². The van der Waals surface area contributed by atoms with Gasteiger partial charge in [-0.15, -0.1) is 0 Å². The van der Waals surface area contributed by atoms with Gasteiger partial charge in [-0.1, -0.05) is 0 Å². The van der Waals surface area contributed by atoms with Gasteiger partial charge in [0.05, 0.1) is 0 Å². The zero-order chi connectivity index (χ0) is 11.6. The van der Waals surface area contributed by atoms with Crippen molar-refractivity contribution in [2.24, 2.45) is 0 Å². The van der Waals surface area contributed by atoms with E-state index in [0.29, 0.717) is 0 Å². The van der Waals surface area contributed by atoms with Gasteiger partial charge in [0.15, 0.2) is 0 Å². The number of hydrogen-bond donors (Lipinski definition) is 0. The van der Waals surface area contributed by atoms with Crippen molar-refractivity contribution in [3.05, 3.63) is 11.5 Å². The van der Waals surface area contributed by atoms with Crippen LogP contribution in [0.5, 0.6) is 0 Å². The Labute approximate surface area is 99.9 Å². The second kappa shape index (κ2) is 9.50. The average molecular weight is 271 g/mol. The zero-order valence-electron chi connectivity index (χ0n) is 11.1. The van der Waals surface area contributed by atoms with Crippen LogP contribution in [0.15, 0.2) is 11.5 Å². The van der Waals surface area contributed by atoms with Crippen molar-refractivity contribution < 1.29 is 0 Å². The topological polar surface area (TPSA) is 0 Å². The molecule has 1 heteroatoms. The van der Waals surface area contributed by atoms with Gasteiger partial charge in [0, 0.05) is 0 Å². The monoisotopic (exact) mass is 272 g/mol. The van der Waals surface area contributed by atoms with Crippen molar-refractivity contribution in [2.45, 2.75) is 75.1 Å². The van der Waals surface area contributed by atoms with E-state index in [2.05, 4.69) is 32.3 Å². The Morgan fingerprint density at radius 2 is 1.13 bits per heavy atom. The molecular weight excluding hydrogens is 241 g/mol. The van der Waals surface area contributed by atoms with Crippen LogP contribution in [-0.4, -0.2) is 13.3 Å². The molecule has 15 heavy (non-hydrogen) atoms. The third-order valence-corrected chi connectivity index (χ3v) is 13.8. The summed E-state index contributed by atoms with van der Waals surface area (Å²) in [6, 6.07) is 0.